The molecule has 3 aromatic rings. The predicted molar refractivity (Wildman–Crippen MR) is 117 cm³/mol. The Hall–Kier alpha value is -3.30. The van der Waals surface area contributed by atoms with Gasteiger partial charge in [-0.1, -0.05) is 65.9 Å². The maximum atomic E-state index is 11.4. The number of hydrogen-bond acceptors (Lipinski definition) is 2. The zero-order chi connectivity index (χ0) is 20.9. The molecular formula is C27H24O2. The van der Waals surface area contributed by atoms with Gasteiger partial charge in [-0.15, -0.1) is 0 Å². The Morgan fingerprint density at radius 1 is 0.724 bits per heavy atom. The van der Waals surface area contributed by atoms with E-state index in [1.165, 1.54) is 0 Å². The highest BCUT2D eigenvalue weighted by atomic mass is 16.3. The van der Waals surface area contributed by atoms with E-state index >= 15 is 0 Å². The first-order valence-corrected chi connectivity index (χ1v) is 9.54. The molecule has 0 saturated carbocycles. The third kappa shape index (κ3) is 4.95. The first-order chi connectivity index (χ1) is 13.9. The van der Waals surface area contributed by atoms with Gasteiger partial charge < -0.3 is 10.2 Å². The lowest BCUT2D eigenvalue weighted by Gasteiger charge is -2.26. The Kier molecular flexibility index (Phi) is 6.20. The first kappa shape index (κ1) is 20.4. The lowest BCUT2D eigenvalue weighted by atomic mass is 9.85. The average Bonchev–Trinajstić information content (AvgIpc) is 2.71. The monoisotopic (exact) mass is 380 g/mol. The van der Waals surface area contributed by atoms with E-state index < -0.39 is 11.7 Å². The molecule has 144 valence electrons. The number of aryl methyl sites for hydroxylation is 3. The summed E-state index contributed by atoms with van der Waals surface area (Å²) in [5.41, 5.74) is 3.13. The highest BCUT2D eigenvalue weighted by Gasteiger charge is 2.35. The maximum Gasteiger partial charge on any atom is 0.218 e. The Morgan fingerprint density at radius 3 is 1.55 bits per heavy atom. The van der Waals surface area contributed by atoms with Gasteiger partial charge in [-0.25, -0.2) is 0 Å². The number of hydrogen-bond donors (Lipinski definition) is 2. The second kappa shape index (κ2) is 8.80. The molecule has 0 aliphatic heterocycles. The molecule has 0 spiro atoms. The van der Waals surface area contributed by atoms with Crippen molar-refractivity contribution in [2.45, 2.75) is 32.5 Å². The van der Waals surface area contributed by atoms with Crippen LogP contribution in [-0.4, -0.2) is 15.8 Å². The van der Waals surface area contributed by atoms with Crippen LogP contribution in [0, 0.1) is 44.5 Å². The predicted octanol–water partition coefficient (Wildman–Crippen LogP) is 4.48. The summed E-state index contributed by atoms with van der Waals surface area (Å²) in [5.74, 6) is 11.6. The third-order valence-electron chi connectivity index (χ3n) is 4.75. The van der Waals surface area contributed by atoms with E-state index in [0.29, 0.717) is 5.56 Å². The van der Waals surface area contributed by atoms with E-state index in [1.807, 2.05) is 93.6 Å². The fraction of sp³-hybridized carbons (Fsp3) is 0.185. The number of rotatable bonds is 2. The Bertz CT molecular complexity index is 1030. The molecule has 0 amide bonds. The van der Waals surface area contributed by atoms with E-state index in [2.05, 4.69) is 23.7 Å². The molecule has 0 saturated heterocycles. The van der Waals surface area contributed by atoms with Crippen LogP contribution in [0.15, 0.2) is 72.8 Å². The highest BCUT2D eigenvalue weighted by molar-refractivity contribution is 5.49. The minimum Gasteiger partial charge on any atom is -0.383 e. The van der Waals surface area contributed by atoms with Gasteiger partial charge in [0.15, 0.2) is 0 Å². The zero-order valence-corrected chi connectivity index (χ0v) is 16.9. The number of benzene rings is 3. The number of aliphatic hydroxyl groups is 2. The Morgan fingerprint density at radius 2 is 1.14 bits per heavy atom. The van der Waals surface area contributed by atoms with Gasteiger partial charge >= 0.3 is 0 Å². The highest BCUT2D eigenvalue weighted by Crippen LogP contribution is 2.31. The van der Waals surface area contributed by atoms with Crippen molar-refractivity contribution in [2.24, 2.45) is 0 Å². The molecule has 0 aromatic heterocycles. The van der Waals surface area contributed by atoms with Crippen molar-refractivity contribution in [3.8, 4) is 23.7 Å². The van der Waals surface area contributed by atoms with E-state index in [0.717, 1.165) is 27.8 Å². The molecule has 0 aliphatic carbocycles. The molecule has 3 rings (SSSR count). The van der Waals surface area contributed by atoms with E-state index in [4.69, 9.17) is 0 Å². The Labute approximate surface area is 172 Å². The molecule has 1 atom stereocenters. The quantitative estimate of drug-likeness (QED) is 0.644. The van der Waals surface area contributed by atoms with Crippen molar-refractivity contribution in [3.63, 3.8) is 0 Å². The summed E-state index contributed by atoms with van der Waals surface area (Å²) in [6.07, 6.45) is -1.27. The molecule has 0 radical (unpaired) electrons. The summed E-state index contributed by atoms with van der Waals surface area (Å²) < 4.78 is 0. The molecule has 2 heteroatoms. The fourth-order valence-corrected chi connectivity index (χ4v) is 3.38. The van der Waals surface area contributed by atoms with Crippen LogP contribution >= 0.6 is 0 Å². The van der Waals surface area contributed by atoms with Crippen LogP contribution in [-0.2, 0) is 0 Å². The molecule has 0 unspecified atom stereocenters. The smallest absolute Gasteiger partial charge is 0.218 e. The third-order valence-corrected chi connectivity index (χ3v) is 4.75. The van der Waals surface area contributed by atoms with Crippen LogP contribution in [0.4, 0.5) is 0 Å². The minimum atomic E-state index is -1.92. The van der Waals surface area contributed by atoms with E-state index in [9.17, 15) is 10.2 Å². The van der Waals surface area contributed by atoms with Gasteiger partial charge in [0.2, 0.25) is 5.60 Å². The summed E-state index contributed by atoms with van der Waals surface area (Å²) >= 11 is 0. The molecule has 0 fully saturated rings. The van der Waals surface area contributed by atoms with Crippen LogP contribution in [0.3, 0.4) is 0 Å². The molecule has 0 bridgehead atoms. The van der Waals surface area contributed by atoms with Gasteiger partial charge in [0.05, 0.1) is 0 Å². The normalized spacial score (nSPS) is 11.6. The standard InChI is InChI=1S/C27H24O2/c1-20-18-21(2)25(22(3)19-20)26(28)27(29,16-14-23-10-6-4-7-11-23)17-15-24-12-8-5-9-13-24/h4-13,18-19,26,28-29H,1-3H3/t26-/m0/s1. The first-order valence-electron chi connectivity index (χ1n) is 9.54. The molecule has 29 heavy (non-hydrogen) atoms. The van der Waals surface area contributed by atoms with Crippen molar-refractivity contribution in [1.82, 2.24) is 0 Å². The van der Waals surface area contributed by atoms with Gasteiger partial charge in [-0.3, -0.25) is 0 Å². The molecule has 2 N–H and O–H groups in total. The summed E-state index contributed by atoms with van der Waals surface area (Å²) in [6, 6.07) is 22.7. The second-order valence-corrected chi connectivity index (χ2v) is 7.21. The van der Waals surface area contributed by atoms with Crippen molar-refractivity contribution < 1.29 is 10.2 Å². The van der Waals surface area contributed by atoms with Crippen molar-refractivity contribution in [3.05, 3.63) is 106 Å². The fourth-order valence-electron chi connectivity index (χ4n) is 3.38. The molecule has 2 nitrogen and oxygen atoms in total. The number of aliphatic hydroxyl groups excluding tert-OH is 1. The summed E-state index contributed by atoms with van der Waals surface area (Å²) in [4.78, 5) is 0. The molecule has 0 heterocycles. The van der Waals surface area contributed by atoms with Crippen molar-refractivity contribution in [2.75, 3.05) is 0 Å². The van der Waals surface area contributed by atoms with Crippen molar-refractivity contribution in [1.29, 1.82) is 0 Å². The van der Waals surface area contributed by atoms with Crippen molar-refractivity contribution >= 4 is 0 Å². The van der Waals surface area contributed by atoms with Gasteiger partial charge in [0.1, 0.15) is 6.10 Å². The Balaban J connectivity index is 2.10. The topological polar surface area (TPSA) is 40.5 Å². The lowest BCUT2D eigenvalue weighted by molar-refractivity contribution is 0.00624. The van der Waals surface area contributed by atoms with Crippen LogP contribution < -0.4 is 0 Å². The van der Waals surface area contributed by atoms with Gasteiger partial charge in [0.25, 0.3) is 0 Å². The van der Waals surface area contributed by atoms with Gasteiger partial charge in [-0.05, 0) is 73.6 Å². The summed E-state index contributed by atoms with van der Waals surface area (Å²) in [7, 11) is 0. The minimum absolute atomic E-state index is 0.655. The van der Waals surface area contributed by atoms with E-state index in [1.54, 1.807) is 0 Å². The SMILES string of the molecule is Cc1cc(C)c([C@H](O)C(O)(C#Cc2ccccc2)C#Cc2ccccc2)c(C)c1. The summed E-state index contributed by atoms with van der Waals surface area (Å²) in [5, 5.41) is 22.6. The molecule has 3 aromatic carbocycles. The average molecular weight is 380 g/mol. The van der Waals surface area contributed by atoms with Crippen LogP contribution in [0.25, 0.3) is 0 Å². The van der Waals surface area contributed by atoms with Crippen LogP contribution in [0.5, 0.6) is 0 Å². The van der Waals surface area contributed by atoms with Crippen LogP contribution in [0.1, 0.15) is 39.5 Å². The summed E-state index contributed by atoms with van der Waals surface area (Å²) in [6.45, 7) is 5.86. The zero-order valence-electron chi connectivity index (χ0n) is 16.9. The molecular weight excluding hydrogens is 356 g/mol. The van der Waals surface area contributed by atoms with E-state index in [-0.39, 0.29) is 0 Å². The molecule has 0 aliphatic rings. The maximum absolute atomic E-state index is 11.4. The largest absolute Gasteiger partial charge is 0.383 e. The van der Waals surface area contributed by atoms with Gasteiger partial charge in [-0.2, -0.15) is 0 Å². The van der Waals surface area contributed by atoms with Crippen LogP contribution in [0.2, 0.25) is 0 Å². The van der Waals surface area contributed by atoms with Gasteiger partial charge in [0, 0.05) is 11.1 Å². The second-order valence-electron chi connectivity index (χ2n) is 7.21. The lowest BCUT2D eigenvalue weighted by Crippen LogP contribution is -2.34.